The van der Waals surface area contributed by atoms with Crippen LogP contribution in [0.15, 0.2) is 37.2 Å². The van der Waals surface area contributed by atoms with E-state index in [0.717, 1.165) is 17.1 Å². The topological polar surface area (TPSA) is 71.8 Å². The Morgan fingerprint density at radius 2 is 2.24 bits per heavy atom. The molecule has 6 nitrogen and oxygen atoms in total. The van der Waals surface area contributed by atoms with Crippen molar-refractivity contribution in [2.45, 2.75) is 13.5 Å². The summed E-state index contributed by atoms with van der Waals surface area (Å²) >= 11 is 0. The third-order valence-electron chi connectivity index (χ3n) is 3.23. The zero-order chi connectivity index (χ0) is 15.2. The molecule has 0 aliphatic rings. The van der Waals surface area contributed by atoms with Crippen LogP contribution in [0, 0.1) is 6.92 Å². The number of hydrogen-bond donors (Lipinski definition) is 2. The number of amides is 1. The monoisotopic (exact) mass is 285 g/mol. The first-order valence-electron chi connectivity index (χ1n) is 6.68. The van der Waals surface area contributed by atoms with Gasteiger partial charge in [0.2, 0.25) is 0 Å². The van der Waals surface area contributed by atoms with Crippen molar-refractivity contribution in [1.29, 1.82) is 0 Å². The van der Waals surface area contributed by atoms with E-state index in [1.807, 2.05) is 24.9 Å². The van der Waals surface area contributed by atoms with E-state index in [2.05, 4.69) is 27.3 Å². The SMILES string of the molecule is C=CCNC(=O)c1ccc(NCc2cnn(C)c2C)nc1. The smallest absolute Gasteiger partial charge is 0.253 e. The van der Waals surface area contributed by atoms with Crippen molar-refractivity contribution in [3.8, 4) is 0 Å². The number of aryl methyl sites for hydroxylation is 1. The molecule has 0 saturated heterocycles. The lowest BCUT2D eigenvalue weighted by atomic mass is 10.2. The summed E-state index contributed by atoms with van der Waals surface area (Å²) < 4.78 is 1.83. The van der Waals surface area contributed by atoms with Crippen LogP contribution in [0.3, 0.4) is 0 Å². The fourth-order valence-corrected chi connectivity index (χ4v) is 1.80. The number of nitrogens with one attached hydrogen (secondary N) is 2. The van der Waals surface area contributed by atoms with Crippen molar-refractivity contribution in [3.63, 3.8) is 0 Å². The summed E-state index contributed by atoms with van der Waals surface area (Å²) in [5.74, 6) is 0.565. The fourth-order valence-electron chi connectivity index (χ4n) is 1.80. The Balaban J connectivity index is 1.95. The molecule has 1 amide bonds. The Morgan fingerprint density at radius 1 is 1.43 bits per heavy atom. The van der Waals surface area contributed by atoms with Crippen LogP contribution >= 0.6 is 0 Å². The summed E-state index contributed by atoms with van der Waals surface area (Å²) in [5.41, 5.74) is 2.76. The van der Waals surface area contributed by atoms with Gasteiger partial charge >= 0.3 is 0 Å². The van der Waals surface area contributed by atoms with Crippen molar-refractivity contribution < 1.29 is 4.79 Å². The zero-order valence-corrected chi connectivity index (χ0v) is 12.3. The van der Waals surface area contributed by atoms with Crippen LogP contribution in [-0.2, 0) is 13.6 Å². The summed E-state index contributed by atoms with van der Waals surface area (Å²) in [6.07, 6.45) is 5.02. The number of rotatable bonds is 6. The van der Waals surface area contributed by atoms with Gasteiger partial charge in [-0.05, 0) is 19.1 Å². The van der Waals surface area contributed by atoms with E-state index in [-0.39, 0.29) is 5.91 Å². The molecule has 21 heavy (non-hydrogen) atoms. The highest BCUT2D eigenvalue weighted by Gasteiger charge is 2.06. The second-order valence-corrected chi connectivity index (χ2v) is 4.66. The Morgan fingerprint density at radius 3 is 2.81 bits per heavy atom. The first-order chi connectivity index (χ1) is 10.1. The van der Waals surface area contributed by atoms with Crippen LogP contribution in [0.4, 0.5) is 5.82 Å². The van der Waals surface area contributed by atoms with Crippen molar-refractivity contribution in [2.24, 2.45) is 7.05 Å². The summed E-state index contributed by atoms with van der Waals surface area (Å²) in [6.45, 7) is 6.66. The number of anilines is 1. The quantitative estimate of drug-likeness (QED) is 0.792. The summed E-state index contributed by atoms with van der Waals surface area (Å²) in [6, 6.07) is 3.53. The minimum absolute atomic E-state index is 0.156. The van der Waals surface area contributed by atoms with Gasteiger partial charge in [-0.2, -0.15) is 5.10 Å². The molecule has 110 valence electrons. The first kappa shape index (κ1) is 14.8. The van der Waals surface area contributed by atoms with Gasteiger partial charge in [0, 0.05) is 37.6 Å². The summed E-state index contributed by atoms with van der Waals surface area (Å²) in [7, 11) is 1.91. The number of hydrogen-bond acceptors (Lipinski definition) is 4. The Labute approximate surface area is 123 Å². The molecular formula is C15H19N5O. The number of carbonyl (C=O) groups excluding carboxylic acids is 1. The van der Waals surface area contributed by atoms with Gasteiger partial charge in [-0.1, -0.05) is 6.08 Å². The molecule has 2 heterocycles. The lowest BCUT2D eigenvalue weighted by Gasteiger charge is -2.06. The number of carbonyl (C=O) groups is 1. The lowest BCUT2D eigenvalue weighted by Crippen LogP contribution is -2.23. The molecule has 2 aromatic heterocycles. The summed E-state index contributed by atoms with van der Waals surface area (Å²) in [5, 5.41) is 10.1. The van der Waals surface area contributed by atoms with Gasteiger partial charge < -0.3 is 10.6 Å². The van der Waals surface area contributed by atoms with E-state index in [9.17, 15) is 4.79 Å². The molecule has 0 aromatic carbocycles. The molecule has 0 fully saturated rings. The number of pyridine rings is 1. The predicted molar refractivity (Wildman–Crippen MR) is 82.0 cm³/mol. The third kappa shape index (κ3) is 3.68. The van der Waals surface area contributed by atoms with E-state index in [1.54, 1.807) is 24.4 Å². The molecule has 0 aliphatic carbocycles. The molecule has 0 radical (unpaired) electrons. The Kier molecular flexibility index (Phi) is 4.71. The maximum absolute atomic E-state index is 11.7. The second-order valence-electron chi connectivity index (χ2n) is 4.66. The van der Waals surface area contributed by atoms with Crippen molar-refractivity contribution in [1.82, 2.24) is 20.1 Å². The minimum atomic E-state index is -0.156. The van der Waals surface area contributed by atoms with Crippen LogP contribution in [0.1, 0.15) is 21.6 Å². The molecule has 0 unspecified atom stereocenters. The minimum Gasteiger partial charge on any atom is -0.366 e. The Bertz CT molecular complexity index is 630. The van der Waals surface area contributed by atoms with Crippen LogP contribution in [-0.4, -0.2) is 27.2 Å². The van der Waals surface area contributed by atoms with E-state index in [1.165, 1.54) is 0 Å². The summed E-state index contributed by atoms with van der Waals surface area (Å²) in [4.78, 5) is 15.9. The molecule has 2 rings (SSSR count). The second kappa shape index (κ2) is 6.69. The van der Waals surface area contributed by atoms with Crippen molar-refractivity contribution in [2.75, 3.05) is 11.9 Å². The fraction of sp³-hybridized carbons (Fsp3) is 0.267. The highest BCUT2D eigenvalue weighted by Crippen LogP contribution is 2.10. The first-order valence-corrected chi connectivity index (χ1v) is 6.68. The largest absolute Gasteiger partial charge is 0.366 e. The van der Waals surface area contributed by atoms with Crippen LogP contribution in [0.2, 0.25) is 0 Å². The maximum atomic E-state index is 11.7. The average molecular weight is 285 g/mol. The molecular weight excluding hydrogens is 266 g/mol. The van der Waals surface area contributed by atoms with Gasteiger partial charge in [-0.25, -0.2) is 4.98 Å². The van der Waals surface area contributed by atoms with Crippen LogP contribution in [0.5, 0.6) is 0 Å². The van der Waals surface area contributed by atoms with Gasteiger partial charge in [0.15, 0.2) is 0 Å². The van der Waals surface area contributed by atoms with E-state index >= 15 is 0 Å². The van der Waals surface area contributed by atoms with Gasteiger partial charge in [0.25, 0.3) is 5.91 Å². The highest BCUT2D eigenvalue weighted by molar-refractivity contribution is 5.94. The molecule has 0 bridgehead atoms. The van der Waals surface area contributed by atoms with E-state index in [4.69, 9.17) is 0 Å². The maximum Gasteiger partial charge on any atom is 0.253 e. The van der Waals surface area contributed by atoms with Crippen LogP contribution in [0.25, 0.3) is 0 Å². The van der Waals surface area contributed by atoms with Crippen LogP contribution < -0.4 is 10.6 Å². The third-order valence-corrected chi connectivity index (χ3v) is 3.23. The number of aromatic nitrogens is 3. The molecule has 2 N–H and O–H groups in total. The van der Waals surface area contributed by atoms with E-state index in [0.29, 0.717) is 18.7 Å². The van der Waals surface area contributed by atoms with Gasteiger partial charge in [-0.15, -0.1) is 6.58 Å². The van der Waals surface area contributed by atoms with E-state index < -0.39 is 0 Å². The predicted octanol–water partition coefficient (Wildman–Crippen LogP) is 1.65. The van der Waals surface area contributed by atoms with Crippen molar-refractivity contribution >= 4 is 11.7 Å². The molecule has 6 heteroatoms. The molecule has 0 atom stereocenters. The van der Waals surface area contributed by atoms with Gasteiger partial charge in [0.1, 0.15) is 5.82 Å². The standard InChI is InChI=1S/C15H19N5O/c1-4-7-16-15(21)12-5-6-14(17-8-12)18-9-13-10-19-20(3)11(13)2/h4-6,8,10H,1,7,9H2,2-3H3,(H,16,21)(H,17,18). The van der Waals surface area contributed by atoms with Gasteiger partial charge in [0.05, 0.1) is 11.8 Å². The Hall–Kier alpha value is -2.63. The zero-order valence-electron chi connectivity index (χ0n) is 12.3. The normalized spacial score (nSPS) is 10.2. The molecule has 0 aliphatic heterocycles. The molecule has 0 saturated carbocycles. The average Bonchev–Trinajstić information content (AvgIpc) is 2.83. The lowest BCUT2D eigenvalue weighted by molar-refractivity contribution is 0.0957. The van der Waals surface area contributed by atoms with Crippen molar-refractivity contribution in [3.05, 3.63) is 54.0 Å². The molecule has 0 spiro atoms. The highest BCUT2D eigenvalue weighted by atomic mass is 16.1. The molecule has 2 aromatic rings. The number of nitrogens with zero attached hydrogens (tertiary/aromatic N) is 3. The van der Waals surface area contributed by atoms with Gasteiger partial charge in [-0.3, -0.25) is 9.48 Å².